The zero-order valence-corrected chi connectivity index (χ0v) is 14.5. The minimum atomic E-state index is -4.73. The maximum atomic E-state index is 12.2. The normalized spacial score (nSPS) is 12.3. The summed E-state index contributed by atoms with van der Waals surface area (Å²) in [5.74, 6) is -1.55. The monoisotopic (exact) mass is 387 g/mol. The summed E-state index contributed by atoms with van der Waals surface area (Å²) in [6.07, 6.45) is -4.73. The Morgan fingerprint density at radius 3 is 1.82 bits per heavy atom. The summed E-state index contributed by atoms with van der Waals surface area (Å²) >= 11 is 0. The Hall–Kier alpha value is -3.32. The highest BCUT2D eigenvalue weighted by Crippen LogP contribution is 2.29. The lowest BCUT2D eigenvalue weighted by molar-refractivity contribution is -0.274. The van der Waals surface area contributed by atoms with Crippen molar-refractivity contribution in [2.45, 2.75) is 12.3 Å². The molecule has 0 saturated heterocycles. The predicted octanol–water partition coefficient (Wildman–Crippen LogP) is 4.89. The van der Waals surface area contributed by atoms with Crippen LogP contribution in [0.3, 0.4) is 0 Å². The van der Waals surface area contributed by atoms with Crippen LogP contribution in [0.1, 0.15) is 17.0 Å². The molecule has 0 spiro atoms. The maximum Gasteiger partial charge on any atom is 0.573 e. The Morgan fingerprint density at radius 2 is 1.32 bits per heavy atom. The molecule has 0 saturated carbocycles. The largest absolute Gasteiger partial charge is 0.573 e. The van der Waals surface area contributed by atoms with E-state index >= 15 is 0 Å². The molecule has 0 radical (unpaired) electrons. The number of ether oxygens (including phenoxy) is 1. The lowest BCUT2D eigenvalue weighted by Crippen LogP contribution is -2.27. The van der Waals surface area contributed by atoms with Crippen molar-refractivity contribution in [3.63, 3.8) is 0 Å². The first-order valence-electron chi connectivity index (χ1n) is 8.32. The molecular weight excluding hydrogens is 371 g/mol. The van der Waals surface area contributed by atoms with E-state index in [4.69, 9.17) is 5.21 Å². The molecule has 28 heavy (non-hydrogen) atoms. The Balaban J connectivity index is 1.85. The fourth-order valence-electron chi connectivity index (χ4n) is 2.92. The molecule has 0 fully saturated rings. The van der Waals surface area contributed by atoms with E-state index in [0.29, 0.717) is 11.1 Å². The van der Waals surface area contributed by atoms with Crippen molar-refractivity contribution >= 4 is 5.91 Å². The molecular formula is C21H16F3NO3. The van der Waals surface area contributed by atoms with E-state index < -0.39 is 18.2 Å². The summed E-state index contributed by atoms with van der Waals surface area (Å²) in [7, 11) is 0. The Morgan fingerprint density at radius 1 is 0.821 bits per heavy atom. The lowest BCUT2D eigenvalue weighted by Gasteiger charge is -2.16. The number of nitrogens with one attached hydrogen (secondary N) is 1. The van der Waals surface area contributed by atoms with Gasteiger partial charge in [-0.15, -0.1) is 13.2 Å². The average molecular weight is 387 g/mol. The van der Waals surface area contributed by atoms with E-state index in [9.17, 15) is 18.0 Å². The Bertz CT molecular complexity index is 924. The third-order valence-corrected chi connectivity index (χ3v) is 4.17. The molecule has 7 heteroatoms. The molecule has 0 aromatic heterocycles. The van der Waals surface area contributed by atoms with Gasteiger partial charge in [-0.3, -0.25) is 10.0 Å². The minimum Gasteiger partial charge on any atom is -0.406 e. The van der Waals surface area contributed by atoms with Gasteiger partial charge in [0.15, 0.2) is 0 Å². The van der Waals surface area contributed by atoms with Gasteiger partial charge in [0.2, 0.25) is 0 Å². The number of hydrogen-bond donors (Lipinski definition) is 2. The predicted molar refractivity (Wildman–Crippen MR) is 96.8 cm³/mol. The van der Waals surface area contributed by atoms with E-state index in [1.54, 1.807) is 54.0 Å². The number of benzene rings is 3. The SMILES string of the molecule is O=C(NO)C(c1ccccc1)c1ccc(-c2ccc(OC(F)(F)F)cc2)cc1. The van der Waals surface area contributed by atoms with Crippen LogP contribution in [-0.2, 0) is 4.79 Å². The van der Waals surface area contributed by atoms with E-state index in [1.807, 2.05) is 6.07 Å². The second kappa shape index (κ2) is 8.14. The van der Waals surface area contributed by atoms with Gasteiger partial charge in [-0.25, -0.2) is 5.48 Å². The van der Waals surface area contributed by atoms with E-state index in [1.165, 1.54) is 24.3 Å². The number of amides is 1. The summed E-state index contributed by atoms with van der Waals surface area (Å²) in [5, 5.41) is 9.08. The average Bonchev–Trinajstić information content (AvgIpc) is 2.69. The number of carbonyl (C=O) groups excluding carboxylic acids is 1. The first-order chi connectivity index (χ1) is 13.4. The van der Waals surface area contributed by atoms with Crippen LogP contribution in [0, 0.1) is 0 Å². The molecule has 3 rings (SSSR count). The van der Waals surface area contributed by atoms with Crippen molar-refractivity contribution in [1.29, 1.82) is 0 Å². The van der Waals surface area contributed by atoms with Gasteiger partial charge in [-0.1, -0.05) is 66.7 Å². The lowest BCUT2D eigenvalue weighted by atomic mass is 9.89. The van der Waals surface area contributed by atoms with Crippen molar-refractivity contribution in [1.82, 2.24) is 5.48 Å². The van der Waals surface area contributed by atoms with Crippen molar-refractivity contribution in [3.8, 4) is 16.9 Å². The van der Waals surface area contributed by atoms with Crippen LogP contribution < -0.4 is 10.2 Å². The molecule has 1 unspecified atom stereocenters. The van der Waals surface area contributed by atoms with Crippen LogP contribution in [0.25, 0.3) is 11.1 Å². The number of carbonyl (C=O) groups is 1. The first kappa shape index (κ1) is 19.4. The first-order valence-corrected chi connectivity index (χ1v) is 8.32. The molecule has 2 N–H and O–H groups in total. The number of rotatable bonds is 5. The van der Waals surface area contributed by atoms with Gasteiger partial charge in [0.05, 0.1) is 5.92 Å². The van der Waals surface area contributed by atoms with Crippen molar-refractivity contribution in [2.75, 3.05) is 0 Å². The fraction of sp³-hybridized carbons (Fsp3) is 0.0952. The molecule has 0 bridgehead atoms. The molecule has 0 aliphatic rings. The molecule has 0 aliphatic heterocycles. The highest BCUT2D eigenvalue weighted by Gasteiger charge is 2.31. The molecule has 4 nitrogen and oxygen atoms in total. The number of alkyl halides is 3. The zero-order valence-electron chi connectivity index (χ0n) is 14.5. The second-order valence-corrected chi connectivity index (χ2v) is 6.01. The summed E-state index contributed by atoms with van der Waals surface area (Å²) in [6, 6.07) is 21.5. The highest BCUT2D eigenvalue weighted by molar-refractivity contribution is 5.86. The van der Waals surface area contributed by atoms with Gasteiger partial charge in [0.25, 0.3) is 5.91 Å². The van der Waals surface area contributed by atoms with E-state index in [0.717, 1.165) is 11.1 Å². The van der Waals surface area contributed by atoms with Crippen LogP contribution in [0.4, 0.5) is 13.2 Å². The number of hydroxylamine groups is 1. The van der Waals surface area contributed by atoms with Crippen LogP contribution >= 0.6 is 0 Å². The van der Waals surface area contributed by atoms with Gasteiger partial charge >= 0.3 is 6.36 Å². The van der Waals surface area contributed by atoms with Crippen LogP contribution in [0.15, 0.2) is 78.9 Å². The highest BCUT2D eigenvalue weighted by atomic mass is 19.4. The molecule has 3 aromatic carbocycles. The quantitative estimate of drug-likeness (QED) is 0.484. The Kier molecular flexibility index (Phi) is 5.65. The molecule has 1 atom stereocenters. The van der Waals surface area contributed by atoms with E-state index in [-0.39, 0.29) is 5.75 Å². The van der Waals surface area contributed by atoms with Crippen molar-refractivity contribution in [2.24, 2.45) is 0 Å². The van der Waals surface area contributed by atoms with Gasteiger partial charge < -0.3 is 4.74 Å². The van der Waals surface area contributed by atoms with Gasteiger partial charge in [0.1, 0.15) is 5.75 Å². The minimum absolute atomic E-state index is 0.295. The molecule has 0 heterocycles. The summed E-state index contributed by atoms with van der Waals surface area (Å²) in [4.78, 5) is 12.2. The van der Waals surface area contributed by atoms with Gasteiger partial charge in [-0.2, -0.15) is 0 Å². The standard InChI is InChI=1S/C21H16F3NO3/c22-21(23,24)28-18-12-10-15(11-13-18)14-6-8-17(9-7-14)19(20(26)25-27)16-4-2-1-3-5-16/h1-13,19,27H,(H,25,26). The van der Waals surface area contributed by atoms with Crippen molar-refractivity contribution < 1.29 is 27.9 Å². The fourth-order valence-corrected chi connectivity index (χ4v) is 2.92. The summed E-state index contributed by atoms with van der Waals surface area (Å²) in [5.41, 5.74) is 4.53. The molecule has 1 amide bonds. The van der Waals surface area contributed by atoms with Crippen LogP contribution in [0.2, 0.25) is 0 Å². The van der Waals surface area contributed by atoms with Gasteiger partial charge in [-0.05, 0) is 34.4 Å². The van der Waals surface area contributed by atoms with Crippen LogP contribution in [0.5, 0.6) is 5.75 Å². The third kappa shape index (κ3) is 4.69. The molecule has 3 aromatic rings. The topological polar surface area (TPSA) is 58.6 Å². The second-order valence-electron chi connectivity index (χ2n) is 6.01. The van der Waals surface area contributed by atoms with Crippen molar-refractivity contribution in [3.05, 3.63) is 90.0 Å². The summed E-state index contributed by atoms with van der Waals surface area (Å²) in [6.45, 7) is 0. The summed E-state index contributed by atoms with van der Waals surface area (Å²) < 4.78 is 40.6. The van der Waals surface area contributed by atoms with Crippen LogP contribution in [-0.4, -0.2) is 17.5 Å². The number of hydrogen-bond acceptors (Lipinski definition) is 3. The Labute approximate surface area is 159 Å². The zero-order chi connectivity index (χ0) is 20.1. The van der Waals surface area contributed by atoms with Gasteiger partial charge in [0, 0.05) is 0 Å². The number of halogens is 3. The van der Waals surface area contributed by atoms with E-state index in [2.05, 4.69) is 4.74 Å². The third-order valence-electron chi connectivity index (χ3n) is 4.17. The smallest absolute Gasteiger partial charge is 0.406 e. The molecule has 0 aliphatic carbocycles. The molecule has 144 valence electrons. The maximum absolute atomic E-state index is 12.2.